The van der Waals surface area contributed by atoms with Crippen LogP contribution in [0.2, 0.25) is 0 Å². The molecule has 0 spiro atoms. The van der Waals surface area contributed by atoms with Gasteiger partial charge in [-0.3, -0.25) is 4.79 Å². The fourth-order valence-electron chi connectivity index (χ4n) is 2.53. The third kappa shape index (κ3) is 4.22. The van der Waals surface area contributed by atoms with Crippen molar-refractivity contribution in [3.8, 4) is 11.5 Å². The van der Waals surface area contributed by atoms with Crippen molar-refractivity contribution in [2.24, 2.45) is 0 Å². The van der Waals surface area contributed by atoms with Gasteiger partial charge in [-0.05, 0) is 30.0 Å². The van der Waals surface area contributed by atoms with Crippen molar-refractivity contribution in [3.63, 3.8) is 0 Å². The van der Waals surface area contributed by atoms with Crippen LogP contribution < -0.4 is 0 Å². The highest BCUT2D eigenvalue weighted by molar-refractivity contribution is 8.00. The SMILES string of the molecule is CC(Sc1nnc(-c2ccccc2)o1)C(=O)c1ccc(C(C)(C)C)cc1. The first-order valence-electron chi connectivity index (χ1n) is 8.55. The van der Waals surface area contributed by atoms with Crippen LogP contribution in [0.15, 0.2) is 64.2 Å². The highest BCUT2D eigenvalue weighted by atomic mass is 32.2. The van der Waals surface area contributed by atoms with Gasteiger partial charge < -0.3 is 4.42 Å². The number of aromatic nitrogens is 2. The summed E-state index contributed by atoms with van der Waals surface area (Å²) >= 11 is 1.28. The number of thioether (sulfide) groups is 1. The first-order valence-corrected chi connectivity index (χ1v) is 9.43. The van der Waals surface area contributed by atoms with E-state index in [1.54, 1.807) is 0 Å². The minimum Gasteiger partial charge on any atom is -0.411 e. The Morgan fingerprint density at radius 2 is 1.65 bits per heavy atom. The smallest absolute Gasteiger partial charge is 0.277 e. The third-order valence-corrected chi connectivity index (χ3v) is 5.04. The van der Waals surface area contributed by atoms with Crippen molar-refractivity contribution in [1.82, 2.24) is 10.2 Å². The number of ketones is 1. The van der Waals surface area contributed by atoms with Gasteiger partial charge in [0.2, 0.25) is 5.89 Å². The van der Waals surface area contributed by atoms with Crippen LogP contribution in [-0.2, 0) is 5.41 Å². The number of benzene rings is 2. The molecule has 0 aliphatic carbocycles. The summed E-state index contributed by atoms with van der Waals surface area (Å²) in [7, 11) is 0. The summed E-state index contributed by atoms with van der Waals surface area (Å²) in [5.74, 6) is 0.511. The molecule has 0 fully saturated rings. The van der Waals surface area contributed by atoms with Crippen LogP contribution in [0.4, 0.5) is 0 Å². The van der Waals surface area contributed by atoms with Crippen molar-refractivity contribution in [1.29, 1.82) is 0 Å². The molecule has 1 heterocycles. The van der Waals surface area contributed by atoms with Gasteiger partial charge in [0, 0.05) is 11.1 Å². The molecule has 0 N–H and O–H groups in total. The Morgan fingerprint density at radius 1 is 1.00 bits per heavy atom. The van der Waals surface area contributed by atoms with Crippen LogP contribution in [0, 0.1) is 0 Å². The maximum atomic E-state index is 12.7. The van der Waals surface area contributed by atoms with Gasteiger partial charge in [-0.2, -0.15) is 0 Å². The van der Waals surface area contributed by atoms with E-state index in [9.17, 15) is 4.79 Å². The van der Waals surface area contributed by atoms with Crippen molar-refractivity contribution in [3.05, 3.63) is 65.7 Å². The summed E-state index contributed by atoms with van der Waals surface area (Å²) in [6, 6.07) is 17.4. The monoisotopic (exact) mass is 366 g/mol. The fourth-order valence-corrected chi connectivity index (χ4v) is 3.29. The number of Topliss-reactive ketones (excluding diaryl/α,β-unsaturated/α-hetero) is 1. The molecule has 1 unspecified atom stereocenters. The third-order valence-electron chi connectivity index (χ3n) is 4.11. The zero-order valence-electron chi connectivity index (χ0n) is 15.4. The van der Waals surface area contributed by atoms with Crippen LogP contribution in [0.3, 0.4) is 0 Å². The molecule has 0 radical (unpaired) electrons. The Balaban J connectivity index is 1.69. The Morgan fingerprint density at radius 3 is 2.27 bits per heavy atom. The standard InChI is InChI=1S/C21H22N2O2S/c1-14(18(24)15-10-12-17(13-11-15)21(2,3)4)26-20-23-22-19(25-20)16-8-6-5-7-9-16/h5-14H,1-4H3. The van der Waals surface area contributed by atoms with E-state index >= 15 is 0 Å². The second-order valence-electron chi connectivity index (χ2n) is 7.19. The normalized spacial score (nSPS) is 12.8. The quantitative estimate of drug-likeness (QED) is 0.447. The van der Waals surface area contributed by atoms with Gasteiger partial charge in [-0.25, -0.2) is 0 Å². The van der Waals surface area contributed by atoms with E-state index in [1.807, 2.05) is 61.5 Å². The fraction of sp³-hybridized carbons (Fsp3) is 0.286. The van der Waals surface area contributed by atoms with Gasteiger partial charge >= 0.3 is 0 Å². The van der Waals surface area contributed by atoms with Crippen LogP contribution in [0.25, 0.3) is 11.5 Å². The zero-order valence-corrected chi connectivity index (χ0v) is 16.2. The molecule has 134 valence electrons. The van der Waals surface area contributed by atoms with Crippen LogP contribution in [-0.4, -0.2) is 21.2 Å². The number of rotatable bonds is 5. The second kappa shape index (κ2) is 7.46. The molecular weight excluding hydrogens is 344 g/mol. The average Bonchev–Trinajstić information content (AvgIpc) is 3.09. The minimum atomic E-state index is -0.306. The van der Waals surface area contributed by atoms with E-state index in [1.165, 1.54) is 17.3 Å². The van der Waals surface area contributed by atoms with Gasteiger partial charge in [0.05, 0.1) is 5.25 Å². The molecule has 0 aliphatic heterocycles. The number of carbonyl (C=O) groups excluding carboxylic acids is 1. The van der Waals surface area contributed by atoms with Gasteiger partial charge in [0.25, 0.3) is 5.22 Å². The van der Waals surface area contributed by atoms with Gasteiger partial charge in [0.1, 0.15) is 0 Å². The van der Waals surface area contributed by atoms with Crippen molar-refractivity contribution in [2.45, 2.75) is 43.6 Å². The number of carbonyl (C=O) groups is 1. The molecule has 1 atom stereocenters. The number of nitrogens with zero attached hydrogens (tertiary/aromatic N) is 2. The molecule has 0 bridgehead atoms. The Bertz CT molecular complexity index is 880. The van der Waals surface area contributed by atoms with E-state index in [0.717, 1.165) is 5.56 Å². The Hall–Kier alpha value is -2.40. The molecule has 3 rings (SSSR count). The molecule has 2 aromatic carbocycles. The van der Waals surface area contributed by atoms with Crippen LogP contribution in [0.1, 0.15) is 43.6 Å². The molecule has 0 saturated carbocycles. The predicted octanol–water partition coefficient (Wildman–Crippen LogP) is 5.40. The number of hydrogen-bond acceptors (Lipinski definition) is 5. The molecule has 0 amide bonds. The first-order chi connectivity index (χ1) is 12.3. The van der Waals surface area contributed by atoms with E-state index in [-0.39, 0.29) is 16.4 Å². The summed E-state index contributed by atoms with van der Waals surface area (Å²) in [4.78, 5) is 12.7. The summed E-state index contributed by atoms with van der Waals surface area (Å²) in [5, 5.41) is 8.20. The summed E-state index contributed by atoms with van der Waals surface area (Å²) < 4.78 is 5.68. The van der Waals surface area contributed by atoms with Crippen LogP contribution >= 0.6 is 11.8 Å². The van der Waals surface area contributed by atoms with Gasteiger partial charge in [-0.1, -0.05) is 75.0 Å². The molecule has 0 saturated heterocycles. The molecule has 5 heteroatoms. The summed E-state index contributed by atoms with van der Waals surface area (Å²) in [6.07, 6.45) is 0. The van der Waals surface area contributed by atoms with Gasteiger partial charge in [0.15, 0.2) is 5.78 Å². The van der Waals surface area contributed by atoms with Gasteiger partial charge in [-0.15, -0.1) is 10.2 Å². The topological polar surface area (TPSA) is 56.0 Å². The zero-order chi connectivity index (χ0) is 18.7. The van der Waals surface area contributed by atoms with Crippen molar-refractivity contribution >= 4 is 17.5 Å². The highest BCUT2D eigenvalue weighted by Gasteiger charge is 2.21. The highest BCUT2D eigenvalue weighted by Crippen LogP contribution is 2.28. The second-order valence-corrected chi connectivity index (χ2v) is 8.48. The number of hydrogen-bond donors (Lipinski definition) is 0. The van der Waals surface area contributed by atoms with E-state index in [4.69, 9.17) is 4.42 Å². The summed E-state index contributed by atoms with van der Waals surface area (Å²) in [6.45, 7) is 8.32. The van der Waals surface area contributed by atoms with E-state index in [0.29, 0.717) is 16.7 Å². The molecule has 3 aromatic rings. The molecular formula is C21H22N2O2S. The maximum absolute atomic E-state index is 12.7. The molecule has 4 nitrogen and oxygen atoms in total. The van der Waals surface area contributed by atoms with Crippen LogP contribution in [0.5, 0.6) is 0 Å². The lowest BCUT2D eigenvalue weighted by Crippen LogP contribution is -2.15. The lowest BCUT2D eigenvalue weighted by molar-refractivity contribution is 0.0993. The maximum Gasteiger partial charge on any atom is 0.277 e. The predicted molar refractivity (Wildman–Crippen MR) is 105 cm³/mol. The molecule has 1 aromatic heterocycles. The van der Waals surface area contributed by atoms with E-state index in [2.05, 4.69) is 31.0 Å². The van der Waals surface area contributed by atoms with Crippen molar-refractivity contribution < 1.29 is 9.21 Å². The van der Waals surface area contributed by atoms with Crippen molar-refractivity contribution in [2.75, 3.05) is 0 Å². The first kappa shape index (κ1) is 18.4. The lowest BCUT2D eigenvalue weighted by Gasteiger charge is -2.19. The lowest BCUT2D eigenvalue weighted by atomic mass is 9.86. The average molecular weight is 366 g/mol. The largest absolute Gasteiger partial charge is 0.411 e. The Labute approximate surface area is 158 Å². The molecule has 0 aliphatic rings. The molecule has 26 heavy (non-hydrogen) atoms. The summed E-state index contributed by atoms with van der Waals surface area (Å²) in [5.41, 5.74) is 2.84. The van der Waals surface area contributed by atoms with E-state index < -0.39 is 0 Å². The minimum absolute atomic E-state index is 0.0509. The Kier molecular flexibility index (Phi) is 5.28.